The maximum absolute atomic E-state index is 12.2. The zero-order chi connectivity index (χ0) is 10.8. The first-order valence-electron chi connectivity index (χ1n) is 5.01. The maximum Gasteiger partial charge on any atom is 0.257 e. The Morgan fingerprint density at radius 2 is 2.20 bits per heavy atom. The molecular weight excluding hydrogens is 204 g/mol. The molecule has 1 aliphatic rings. The van der Waals surface area contributed by atoms with Crippen LogP contribution in [0.3, 0.4) is 0 Å². The van der Waals surface area contributed by atoms with Crippen molar-refractivity contribution in [1.29, 1.82) is 0 Å². The molecule has 0 amide bonds. The van der Waals surface area contributed by atoms with E-state index in [1.54, 1.807) is 0 Å². The molecule has 1 heterocycles. The Morgan fingerprint density at radius 3 is 2.73 bits per heavy atom. The molecule has 1 fully saturated rings. The summed E-state index contributed by atoms with van der Waals surface area (Å²) in [6.07, 6.45) is 0.529. The molecule has 4 nitrogen and oxygen atoms in total. The average Bonchev–Trinajstić information content (AvgIpc) is 2.91. The Balaban J connectivity index is 2.15. The zero-order valence-electron chi connectivity index (χ0n) is 8.24. The van der Waals surface area contributed by atoms with Crippen LogP contribution < -0.4 is 0 Å². The van der Waals surface area contributed by atoms with Gasteiger partial charge in [0.1, 0.15) is 12.2 Å². The van der Waals surface area contributed by atoms with Gasteiger partial charge in [-0.05, 0) is 25.2 Å². The lowest BCUT2D eigenvalue weighted by atomic mass is 10.2. The van der Waals surface area contributed by atoms with Crippen LogP contribution in [0.4, 0.5) is 8.78 Å². The Bertz CT molecular complexity index is 336. The van der Waals surface area contributed by atoms with E-state index in [9.17, 15) is 8.78 Å². The van der Waals surface area contributed by atoms with Gasteiger partial charge in [-0.2, -0.15) is 0 Å². The van der Waals surface area contributed by atoms with Gasteiger partial charge in [0.05, 0.1) is 12.3 Å². The second-order valence-corrected chi connectivity index (χ2v) is 3.86. The lowest BCUT2D eigenvalue weighted by Crippen LogP contribution is -2.12. The second-order valence-electron chi connectivity index (χ2n) is 3.86. The number of hydrogen-bond acceptors (Lipinski definition) is 3. The van der Waals surface area contributed by atoms with Crippen LogP contribution in [0.25, 0.3) is 0 Å². The minimum atomic E-state index is -2.43. The minimum Gasteiger partial charge on any atom is -0.390 e. The number of hydrogen-bond donors (Lipinski definition) is 1. The summed E-state index contributed by atoms with van der Waals surface area (Å²) in [5.41, 5.74) is 1.10. The highest BCUT2D eigenvalue weighted by molar-refractivity contribution is 5.11. The monoisotopic (exact) mass is 217 g/mol. The highest BCUT2D eigenvalue weighted by atomic mass is 19.3. The topological polar surface area (TPSA) is 50.9 Å². The highest BCUT2D eigenvalue weighted by Gasteiger charge is 2.26. The van der Waals surface area contributed by atoms with Crippen LogP contribution in [0.2, 0.25) is 0 Å². The van der Waals surface area contributed by atoms with E-state index >= 15 is 0 Å². The molecule has 2 rings (SSSR count). The fraction of sp³-hybridized carbons (Fsp3) is 0.778. The van der Waals surface area contributed by atoms with Crippen molar-refractivity contribution < 1.29 is 13.9 Å². The van der Waals surface area contributed by atoms with Gasteiger partial charge in [-0.3, -0.25) is 0 Å². The summed E-state index contributed by atoms with van der Waals surface area (Å²) in [6.45, 7) is -0.666. The van der Waals surface area contributed by atoms with Crippen LogP contribution >= 0.6 is 0 Å². The van der Waals surface area contributed by atoms with Crippen LogP contribution in [0, 0.1) is 5.92 Å². The van der Waals surface area contributed by atoms with Gasteiger partial charge in [0.15, 0.2) is 0 Å². The fourth-order valence-electron chi connectivity index (χ4n) is 1.59. The molecule has 1 saturated carbocycles. The predicted octanol–water partition coefficient (Wildman–Crippen LogP) is 0.988. The van der Waals surface area contributed by atoms with Crippen molar-refractivity contribution in [3.05, 3.63) is 11.4 Å². The third kappa shape index (κ3) is 2.50. The fourth-order valence-corrected chi connectivity index (χ4v) is 1.59. The van der Waals surface area contributed by atoms with Crippen molar-refractivity contribution in [3.8, 4) is 0 Å². The maximum atomic E-state index is 12.2. The SMILES string of the molecule is OCc1nnn(CC(F)F)c1CC1CC1. The highest BCUT2D eigenvalue weighted by Crippen LogP contribution is 2.33. The summed E-state index contributed by atoms with van der Waals surface area (Å²) in [7, 11) is 0. The van der Waals surface area contributed by atoms with E-state index in [0.717, 1.165) is 12.8 Å². The Kier molecular flexibility index (Phi) is 2.95. The first kappa shape index (κ1) is 10.5. The lowest BCUT2D eigenvalue weighted by Gasteiger charge is -2.05. The molecule has 0 aliphatic heterocycles. The second kappa shape index (κ2) is 4.22. The number of aliphatic hydroxyl groups excluding tert-OH is 1. The molecule has 0 spiro atoms. The Labute approximate surface area is 85.9 Å². The van der Waals surface area contributed by atoms with Gasteiger partial charge in [0, 0.05) is 0 Å². The van der Waals surface area contributed by atoms with Crippen LogP contribution in [-0.2, 0) is 19.6 Å². The zero-order valence-corrected chi connectivity index (χ0v) is 8.24. The third-order valence-electron chi connectivity index (χ3n) is 2.56. The third-order valence-corrected chi connectivity index (χ3v) is 2.56. The quantitative estimate of drug-likeness (QED) is 0.800. The lowest BCUT2D eigenvalue weighted by molar-refractivity contribution is 0.119. The molecule has 0 aromatic carbocycles. The first-order valence-corrected chi connectivity index (χ1v) is 5.01. The van der Waals surface area contributed by atoms with Gasteiger partial charge in [-0.25, -0.2) is 13.5 Å². The van der Waals surface area contributed by atoms with Crippen LogP contribution in [0.1, 0.15) is 24.2 Å². The van der Waals surface area contributed by atoms with E-state index in [1.165, 1.54) is 4.68 Å². The largest absolute Gasteiger partial charge is 0.390 e. The van der Waals surface area contributed by atoms with Crippen LogP contribution in [0.5, 0.6) is 0 Å². The molecule has 0 unspecified atom stereocenters. The Morgan fingerprint density at radius 1 is 1.47 bits per heavy atom. The molecule has 0 bridgehead atoms. The van der Waals surface area contributed by atoms with Crippen molar-refractivity contribution in [2.45, 2.75) is 38.8 Å². The summed E-state index contributed by atoms with van der Waals surface area (Å²) in [5, 5.41) is 16.3. The van der Waals surface area contributed by atoms with Crippen molar-refractivity contribution >= 4 is 0 Å². The number of aliphatic hydroxyl groups is 1. The normalized spacial score (nSPS) is 16.3. The van der Waals surface area contributed by atoms with E-state index in [-0.39, 0.29) is 6.61 Å². The first-order chi connectivity index (χ1) is 7.20. The number of nitrogens with zero attached hydrogens (tertiary/aromatic N) is 3. The summed E-state index contributed by atoms with van der Waals surface area (Å²) in [5.74, 6) is 0.560. The minimum absolute atomic E-state index is 0.231. The Hall–Kier alpha value is -1.04. The van der Waals surface area contributed by atoms with E-state index in [2.05, 4.69) is 10.3 Å². The standard InChI is InChI=1S/C9H13F2N3O/c10-9(11)4-14-8(3-6-1-2-6)7(5-15)12-13-14/h6,9,15H,1-5H2. The van der Waals surface area contributed by atoms with Gasteiger partial charge < -0.3 is 5.11 Å². The molecular formula is C9H13F2N3O. The number of rotatable bonds is 5. The molecule has 0 atom stereocenters. The summed E-state index contributed by atoms with van der Waals surface area (Å²) in [4.78, 5) is 0. The average molecular weight is 217 g/mol. The van der Waals surface area contributed by atoms with Gasteiger partial charge in [0.25, 0.3) is 6.43 Å². The van der Waals surface area contributed by atoms with Crippen molar-refractivity contribution in [2.75, 3.05) is 0 Å². The number of alkyl halides is 2. The van der Waals surface area contributed by atoms with Gasteiger partial charge >= 0.3 is 0 Å². The van der Waals surface area contributed by atoms with E-state index in [4.69, 9.17) is 5.11 Å². The van der Waals surface area contributed by atoms with Crippen molar-refractivity contribution in [3.63, 3.8) is 0 Å². The number of halogens is 2. The molecule has 0 radical (unpaired) electrons. The number of aromatic nitrogens is 3. The molecule has 1 N–H and O–H groups in total. The summed E-state index contributed by atoms with van der Waals surface area (Å²) >= 11 is 0. The predicted molar refractivity (Wildman–Crippen MR) is 48.4 cm³/mol. The molecule has 1 aliphatic carbocycles. The molecule has 1 aromatic rings. The van der Waals surface area contributed by atoms with E-state index in [0.29, 0.717) is 23.7 Å². The van der Waals surface area contributed by atoms with Gasteiger partial charge in [0.2, 0.25) is 0 Å². The van der Waals surface area contributed by atoms with Gasteiger partial charge in [-0.15, -0.1) is 5.10 Å². The van der Waals surface area contributed by atoms with Crippen LogP contribution in [-0.4, -0.2) is 26.5 Å². The molecule has 6 heteroatoms. The van der Waals surface area contributed by atoms with Crippen LogP contribution in [0.15, 0.2) is 0 Å². The molecule has 15 heavy (non-hydrogen) atoms. The summed E-state index contributed by atoms with van der Waals surface area (Å²) in [6, 6.07) is 0. The van der Waals surface area contributed by atoms with Crippen molar-refractivity contribution in [1.82, 2.24) is 15.0 Å². The smallest absolute Gasteiger partial charge is 0.257 e. The van der Waals surface area contributed by atoms with Crippen molar-refractivity contribution in [2.24, 2.45) is 5.92 Å². The van der Waals surface area contributed by atoms with E-state index in [1.807, 2.05) is 0 Å². The van der Waals surface area contributed by atoms with E-state index < -0.39 is 13.0 Å². The molecule has 84 valence electrons. The summed E-state index contributed by atoms with van der Waals surface area (Å²) < 4.78 is 25.6. The molecule has 1 aromatic heterocycles. The molecule has 0 saturated heterocycles. The van der Waals surface area contributed by atoms with Gasteiger partial charge in [-0.1, -0.05) is 5.21 Å².